The van der Waals surface area contributed by atoms with Crippen LogP contribution in [0, 0.1) is 5.82 Å². The van der Waals surface area contributed by atoms with E-state index >= 15 is 0 Å². The van der Waals surface area contributed by atoms with Crippen LogP contribution in [-0.4, -0.2) is 29.9 Å². The largest absolute Gasteiger partial charge is 0.389 e. The monoisotopic (exact) mass is 284 g/mol. The van der Waals surface area contributed by atoms with E-state index in [0.29, 0.717) is 0 Å². The van der Waals surface area contributed by atoms with E-state index < -0.39 is 17.6 Å². The van der Waals surface area contributed by atoms with Crippen molar-refractivity contribution in [2.24, 2.45) is 17.2 Å². The Labute approximate surface area is 114 Å². The van der Waals surface area contributed by atoms with Crippen LogP contribution >= 0.6 is 12.2 Å². The number of thiocarbonyl (C=S) groups is 1. The molecule has 19 heavy (non-hydrogen) atoms. The molecular formula is C11H13FN4O2S. The van der Waals surface area contributed by atoms with Crippen LogP contribution in [0.25, 0.3) is 0 Å². The van der Waals surface area contributed by atoms with Gasteiger partial charge in [0.1, 0.15) is 10.8 Å². The molecule has 2 amide bonds. The number of carbonyl (C=O) groups is 2. The summed E-state index contributed by atoms with van der Waals surface area (Å²) in [5, 5.41) is 0. The number of carbonyl (C=O) groups excluding carboxylic acids is 2. The van der Waals surface area contributed by atoms with E-state index in [0.717, 1.165) is 0 Å². The Balaban J connectivity index is 3.28. The number of rotatable bonds is 6. The van der Waals surface area contributed by atoms with E-state index in [1.807, 2.05) is 0 Å². The highest BCUT2D eigenvalue weighted by molar-refractivity contribution is 7.80. The van der Waals surface area contributed by atoms with Crippen molar-refractivity contribution in [2.75, 3.05) is 18.0 Å². The van der Waals surface area contributed by atoms with Gasteiger partial charge in [0.05, 0.1) is 24.3 Å². The highest BCUT2D eigenvalue weighted by Crippen LogP contribution is 2.23. The standard InChI is InChI=1S/C11H13FN4O2S/c12-6-2-1-3-7(10(6)11(15)19)16(4-8(13)17)5-9(14)18/h1-3H,4-5H2,(H2,13,17)(H2,14,18)(H2,15,19). The second-order valence-corrected chi connectivity index (χ2v) is 4.23. The number of hydrogen-bond donors (Lipinski definition) is 3. The molecule has 0 bridgehead atoms. The number of nitrogens with zero attached hydrogens (tertiary/aromatic N) is 1. The molecule has 0 aliphatic heterocycles. The summed E-state index contributed by atoms with van der Waals surface area (Å²) in [7, 11) is 0. The van der Waals surface area contributed by atoms with Crippen molar-refractivity contribution in [3.05, 3.63) is 29.6 Å². The fraction of sp³-hybridized carbons (Fsp3) is 0.182. The fourth-order valence-electron chi connectivity index (χ4n) is 1.62. The van der Waals surface area contributed by atoms with E-state index in [1.54, 1.807) is 0 Å². The second kappa shape index (κ2) is 6.10. The minimum Gasteiger partial charge on any atom is -0.389 e. The topological polar surface area (TPSA) is 115 Å². The van der Waals surface area contributed by atoms with Gasteiger partial charge < -0.3 is 22.1 Å². The molecule has 0 fully saturated rings. The lowest BCUT2D eigenvalue weighted by atomic mass is 10.1. The van der Waals surface area contributed by atoms with Gasteiger partial charge in [0.2, 0.25) is 11.8 Å². The molecule has 0 aliphatic carbocycles. The lowest BCUT2D eigenvalue weighted by molar-refractivity contribution is -0.117. The first kappa shape index (κ1) is 14.8. The van der Waals surface area contributed by atoms with Crippen LogP contribution in [0.3, 0.4) is 0 Å². The number of benzene rings is 1. The molecule has 6 N–H and O–H groups in total. The Kier molecular flexibility index (Phi) is 4.76. The lowest BCUT2D eigenvalue weighted by Gasteiger charge is -2.24. The van der Waals surface area contributed by atoms with Crippen molar-refractivity contribution < 1.29 is 14.0 Å². The molecule has 0 aromatic heterocycles. The molecule has 1 aromatic rings. The lowest BCUT2D eigenvalue weighted by Crippen LogP contribution is -2.40. The average Bonchev–Trinajstić information content (AvgIpc) is 2.25. The summed E-state index contributed by atoms with van der Waals surface area (Å²) in [5.41, 5.74) is 15.8. The van der Waals surface area contributed by atoms with Gasteiger partial charge in [-0.05, 0) is 12.1 Å². The molecule has 0 atom stereocenters. The number of nitrogens with two attached hydrogens (primary N) is 3. The SMILES string of the molecule is NC(=O)CN(CC(N)=O)c1cccc(F)c1C(N)=S. The molecule has 0 unspecified atom stereocenters. The van der Waals surface area contributed by atoms with Gasteiger partial charge in [-0.2, -0.15) is 0 Å². The quantitative estimate of drug-likeness (QED) is 0.594. The number of halogens is 1. The summed E-state index contributed by atoms with van der Waals surface area (Å²) in [6, 6.07) is 4.05. The average molecular weight is 284 g/mol. The van der Waals surface area contributed by atoms with Gasteiger partial charge in [0.25, 0.3) is 0 Å². The maximum Gasteiger partial charge on any atom is 0.236 e. The van der Waals surface area contributed by atoms with Gasteiger partial charge in [-0.1, -0.05) is 18.3 Å². The third-order valence-corrected chi connectivity index (χ3v) is 2.48. The van der Waals surface area contributed by atoms with Gasteiger partial charge in [-0.3, -0.25) is 9.59 Å². The Morgan fingerprint density at radius 3 is 2.11 bits per heavy atom. The predicted molar refractivity (Wildman–Crippen MR) is 72.9 cm³/mol. The molecule has 0 spiro atoms. The van der Waals surface area contributed by atoms with E-state index in [9.17, 15) is 14.0 Å². The molecule has 102 valence electrons. The maximum absolute atomic E-state index is 13.7. The summed E-state index contributed by atoms with van der Waals surface area (Å²) in [6.45, 7) is -0.607. The van der Waals surface area contributed by atoms with Crippen molar-refractivity contribution in [1.29, 1.82) is 0 Å². The van der Waals surface area contributed by atoms with Crippen LogP contribution < -0.4 is 22.1 Å². The molecular weight excluding hydrogens is 271 g/mol. The number of primary amides is 2. The molecule has 8 heteroatoms. The van der Waals surface area contributed by atoms with Crippen LogP contribution in [0.15, 0.2) is 18.2 Å². The summed E-state index contributed by atoms with van der Waals surface area (Å²) in [4.78, 5) is 23.0. The smallest absolute Gasteiger partial charge is 0.236 e. The second-order valence-electron chi connectivity index (χ2n) is 3.79. The van der Waals surface area contributed by atoms with E-state index in [4.69, 9.17) is 29.4 Å². The van der Waals surface area contributed by atoms with Gasteiger partial charge in [-0.15, -0.1) is 0 Å². The third-order valence-electron chi connectivity index (χ3n) is 2.27. The van der Waals surface area contributed by atoms with Crippen LogP contribution in [-0.2, 0) is 9.59 Å². The molecule has 0 heterocycles. The zero-order valence-corrected chi connectivity index (χ0v) is 10.7. The Morgan fingerprint density at radius 2 is 1.68 bits per heavy atom. The van der Waals surface area contributed by atoms with Gasteiger partial charge in [0, 0.05) is 0 Å². The molecule has 1 aromatic carbocycles. The summed E-state index contributed by atoms with van der Waals surface area (Å²) in [6.07, 6.45) is 0. The Bertz CT molecular complexity index is 519. The van der Waals surface area contributed by atoms with Crippen molar-refractivity contribution in [3.8, 4) is 0 Å². The Hall–Kier alpha value is -2.22. The molecule has 1 rings (SSSR count). The first-order chi connectivity index (χ1) is 8.82. The minimum absolute atomic E-state index is 0.0556. The van der Waals surface area contributed by atoms with Gasteiger partial charge in [0.15, 0.2) is 0 Å². The summed E-state index contributed by atoms with van der Waals surface area (Å²) in [5.74, 6) is -2.04. The first-order valence-electron chi connectivity index (χ1n) is 5.22. The fourth-order valence-corrected chi connectivity index (χ4v) is 1.82. The molecule has 0 saturated carbocycles. The van der Waals surface area contributed by atoms with Crippen LogP contribution in [0.1, 0.15) is 5.56 Å². The van der Waals surface area contributed by atoms with Crippen molar-refractivity contribution in [3.63, 3.8) is 0 Å². The van der Waals surface area contributed by atoms with Crippen molar-refractivity contribution in [1.82, 2.24) is 0 Å². The van der Waals surface area contributed by atoms with Crippen LogP contribution in [0.2, 0.25) is 0 Å². The van der Waals surface area contributed by atoms with Crippen molar-refractivity contribution >= 4 is 34.7 Å². The van der Waals surface area contributed by atoms with Crippen LogP contribution in [0.5, 0.6) is 0 Å². The van der Waals surface area contributed by atoms with Gasteiger partial charge >= 0.3 is 0 Å². The summed E-state index contributed by atoms with van der Waals surface area (Å²) >= 11 is 4.76. The minimum atomic E-state index is -0.695. The highest BCUT2D eigenvalue weighted by Gasteiger charge is 2.19. The highest BCUT2D eigenvalue weighted by atomic mass is 32.1. The van der Waals surface area contributed by atoms with E-state index in [2.05, 4.69) is 0 Å². The first-order valence-corrected chi connectivity index (χ1v) is 5.63. The molecule has 0 aliphatic rings. The Morgan fingerprint density at radius 1 is 1.16 bits per heavy atom. The molecule has 0 saturated heterocycles. The van der Waals surface area contributed by atoms with Crippen LogP contribution in [0.4, 0.5) is 10.1 Å². The summed E-state index contributed by atoms with van der Waals surface area (Å²) < 4.78 is 13.7. The van der Waals surface area contributed by atoms with Crippen molar-refractivity contribution in [2.45, 2.75) is 0 Å². The van der Waals surface area contributed by atoms with E-state index in [-0.39, 0.29) is 29.3 Å². The zero-order valence-electron chi connectivity index (χ0n) is 9.93. The number of amides is 2. The molecule has 0 radical (unpaired) electrons. The predicted octanol–water partition coefficient (Wildman–Crippen LogP) is -0.763. The number of hydrogen-bond acceptors (Lipinski definition) is 4. The normalized spacial score (nSPS) is 9.95. The maximum atomic E-state index is 13.7. The third kappa shape index (κ3) is 3.88. The zero-order chi connectivity index (χ0) is 14.6. The van der Waals surface area contributed by atoms with Gasteiger partial charge in [-0.25, -0.2) is 4.39 Å². The number of anilines is 1. The molecule has 6 nitrogen and oxygen atoms in total. The van der Waals surface area contributed by atoms with E-state index in [1.165, 1.54) is 23.1 Å².